The Morgan fingerprint density at radius 3 is 2.64 bits per heavy atom. The van der Waals surface area contributed by atoms with Crippen molar-refractivity contribution >= 4 is 35.0 Å². The van der Waals surface area contributed by atoms with Gasteiger partial charge in [0.25, 0.3) is 0 Å². The van der Waals surface area contributed by atoms with Gasteiger partial charge in [-0.05, 0) is 6.07 Å². The Kier molecular flexibility index (Phi) is 1.96. The molecule has 0 amide bonds. The smallest absolute Gasteiger partial charge is 0.445 e. The van der Waals surface area contributed by atoms with Gasteiger partial charge in [0.2, 0.25) is 0 Å². The third-order valence-electron chi connectivity index (χ3n) is 1.83. The number of halogens is 4. The molecule has 2 nitrogen and oxygen atoms in total. The maximum atomic E-state index is 12.3. The Labute approximate surface area is 81.7 Å². The summed E-state index contributed by atoms with van der Waals surface area (Å²) in [6.07, 6.45) is 0. The van der Waals surface area contributed by atoms with Crippen LogP contribution >= 0.6 is 11.6 Å². The Morgan fingerprint density at radius 1 is 1.29 bits per heavy atom. The number of hydrogen-bond donors (Lipinski definition) is 0. The van der Waals surface area contributed by atoms with Gasteiger partial charge in [-0.1, -0.05) is 28.9 Å². The van der Waals surface area contributed by atoms with Gasteiger partial charge in [-0.3, -0.25) is 0 Å². The van der Waals surface area contributed by atoms with Gasteiger partial charge >= 0.3 is 6.98 Å². The zero-order valence-corrected chi connectivity index (χ0v) is 7.43. The Hall–Kier alpha value is -1.17. The summed E-state index contributed by atoms with van der Waals surface area (Å²) in [4.78, 5) is 0. The van der Waals surface area contributed by atoms with Crippen molar-refractivity contribution in [1.29, 1.82) is 0 Å². The predicted molar refractivity (Wildman–Crippen MR) is 47.7 cm³/mol. The molecule has 0 aliphatic rings. The van der Waals surface area contributed by atoms with Gasteiger partial charge in [0, 0.05) is 0 Å². The molecular weight excluding hydrogens is 217 g/mol. The van der Waals surface area contributed by atoms with Crippen LogP contribution < -0.4 is 5.46 Å². The lowest BCUT2D eigenvalue weighted by Crippen LogP contribution is -2.33. The number of nitrogens with zero attached hydrogens (tertiary/aromatic N) is 1. The standard InChI is InChI=1S/C7H3BClF3NO/c9-7-5-3-4(8(10,11)12)1-2-6(5)14-13-7/h1-3H/q-1. The molecule has 0 fully saturated rings. The second-order valence-corrected chi connectivity index (χ2v) is 3.16. The van der Waals surface area contributed by atoms with Crippen molar-refractivity contribution in [3.05, 3.63) is 23.4 Å². The summed E-state index contributed by atoms with van der Waals surface area (Å²) in [5, 5.41) is 3.48. The number of fused-ring (bicyclic) bond motifs is 1. The molecule has 0 aliphatic carbocycles. The summed E-state index contributed by atoms with van der Waals surface area (Å²) in [7, 11) is 0. The van der Waals surface area contributed by atoms with E-state index in [-0.39, 0.29) is 16.1 Å². The van der Waals surface area contributed by atoms with Crippen molar-refractivity contribution in [3.63, 3.8) is 0 Å². The molecule has 0 bridgehead atoms. The molecule has 0 radical (unpaired) electrons. The number of aromatic nitrogens is 1. The van der Waals surface area contributed by atoms with E-state index in [9.17, 15) is 12.9 Å². The SMILES string of the molecule is F[B-](F)(F)c1ccc2onc(Cl)c2c1. The van der Waals surface area contributed by atoms with Gasteiger partial charge in [0.15, 0.2) is 10.7 Å². The van der Waals surface area contributed by atoms with Crippen molar-refractivity contribution in [2.45, 2.75) is 0 Å². The van der Waals surface area contributed by atoms with Gasteiger partial charge in [0.1, 0.15) is 0 Å². The average molecular weight is 220 g/mol. The Morgan fingerprint density at radius 2 is 2.00 bits per heavy atom. The van der Waals surface area contributed by atoms with Crippen LogP contribution in [0, 0.1) is 0 Å². The van der Waals surface area contributed by atoms with E-state index in [0.717, 1.165) is 12.1 Å². The molecule has 0 spiro atoms. The second kappa shape index (κ2) is 2.91. The van der Waals surface area contributed by atoms with Crippen molar-refractivity contribution < 1.29 is 17.5 Å². The third-order valence-corrected chi connectivity index (χ3v) is 2.10. The van der Waals surface area contributed by atoms with E-state index in [1.165, 1.54) is 6.07 Å². The highest BCUT2D eigenvalue weighted by Gasteiger charge is 2.26. The van der Waals surface area contributed by atoms with Crippen LogP contribution in [0.3, 0.4) is 0 Å². The molecule has 2 aromatic rings. The van der Waals surface area contributed by atoms with E-state index in [0.29, 0.717) is 0 Å². The van der Waals surface area contributed by atoms with Crippen LogP contribution in [0.1, 0.15) is 0 Å². The van der Waals surface area contributed by atoms with E-state index in [1.54, 1.807) is 0 Å². The van der Waals surface area contributed by atoms with Gasteiger partial charge in [-0.2, -0.15) is 0 Å². The minimum absolute atomic E-state index is 0.0538. The molecule has 1 aromatic heterocycles. The highest BCUT2D eigenvalue weighted by atomic mass is 35.5. The van der Waals surface area contributed by atoms with Crippen molar-refractivity contribution in [2.75, 3.05) is 0 Å². The lowest BCUT2D eigenvalue weighted by atomic mass is 9.80. The summed E-state index contributed by atoms with van der Waals surface area (Å²) in [6.45, 7) is -5.01. The lowest BCUT2D eigenvalue weighted by Gasteiger charge is -2.13. The minimum atomic E-state index is -5.01. The zero-order valence-electron chi connectivity index (χ0n) is 6.68. The lowest BCUT2D eigenvalue weighted by molar-refractivity contribution is 0.457. The van der Waals surface area contributed by atoms with Gasteiger partial charge in [-0.25, -0.2) is 0 Å². The van der Waals surface area contributed by atoms with Crippen molar-refractivity contribution in [2.24, 2.45) is 0 Å². The first-order valence-electron chi connectivity index (χ1n) is 3.73. The summed E-state index contributed by atoms with van der Waals surface area (Å²) in [6, 6.07) is 3.09. The molecule has 0 N–H and O–H groups in total. The van der Waals surface area contributed by atoms with Crippen LogP contribution in [-0.2, 0) is 0 Å². The van der Waals surface area contributed by atoms with E-state index < -0.39 is 12.4 Å². The number of hydrogen-bond acceptors (Lipinski definition) is 2. The summed E-state index contributed by atoms with van der Waals surface area (Å²) >= 11 is 5.53. The second-order valence-electron chi connectivity index (χ2n) is 2.80. The van der Waals surface area contributed by atoms with Crippen molar-refractivity contribution in [1.82, 2.24) is 5.16 Å². The highest BCUT2D eigenvalue weighted by Crippen LogP contribution is 2.22. The Bertz CT molecular complexity index is 481. The molecule has 74 valence electrons. The molecule has 1 aromatic carbocycles. The monoisotopic (exact) mass is 220 g/mol. The van der Waals surface area contributed by atoms with E-state index in [1.807, 2.05) is 0 Å². The van der Waals surface area contributed by atoms with E-state index >= 15 is 0 Å². The average Bonchev–Trinajstić information content (AvgIpc) is 2.46. The Balaban J connectivity index is 2.66. The first-order valence-corrected chi connectivity index (χ1v) is 4.11. The maximum absolute atomic E-state index is 12.3. The van der Waals surface area contributed by atoms with Gasteiger partial charge in [0.05, 0.1) is 5.39 Å². The summed E-state index contributed by atoms with van der Waals surface area (Å²) in [5.41, 5.74) is -0.457. The molecule has 0 saturated heterocycles. The quantitative estimate of drug-likeness (QED) is 0.690. The fourth-order valence-electron chi connectivity index (χ4n) is 1.13. The predicted octanol–water partition coefficient (Wildman–Crippen LogP) is 2.54. The van der Waals surface area contributed by atoms with E-state index in [2.05, 4.69) is 9.68 Å². The van der Waals surface area contributed by atoms with Crippen LogP contribution in [0.4, 0.5) is 12.9 Å². The first kappa shape index (κ1) is 9.39. The maximum Gasteiger partial charge on any atom is 0.509 e. The fourth-order valence-corrected chi connectivity index (χ4v) is 1.31. The van der Waals surface area contributed by atoms with Gasteiger partial charge in [-0.15, -0.1) is 5.46 Å². The van der Waals surface area contributed by atoms with Crippen molar-refractivity contribution in [3.8, 4) is 0 Å². The normalized spacial score (nSPS) is 12.3. The van der Waals surface area contributed by atoms with Crippen LogP contribution in [0.5, 0.6) is 0 Å². The minimum Gasteiger partial charge on any atom is -0.445 e. The van der Waals surface area contributed by atoms with Gasteiger partial charge < -0.3 is 17.5 Å². The zero-order chi connectivity index (χ0) is 10.3. The molecule has 0 aliphatic heterocycles. The summed E-state index contributed by atoms with van der Waals surface area (Å²) < 4.78 is 41.6. The molecule has 14 heavy (non-hydrogen) atoms. The van der Waals surface area contributed by atoms with Crippen LogP contribution in [0.2, 0.25) is 5.15 Å². The molecule has 1 heterocycles. The molecule has 0 saturated carbocycles. The van der Waals surface area contributed by atoms with Crippen LogP contribution in [0.25, 0.3) is 11.0 Å². The van der Waals surface area contributed by atoms with E-state index in [4.69, 9.17) is 11.6 Å². The van der Waals surface area contributed by atoms with Crippen LogP contribution in [-0.4, -0.2) is 12.1 Å². The largest absolute Gasteiger partial charge is 0.509 e. The van der Waals surface area contributed by atoms with Crippen LogP contribution in [0.15, 0.2) is 22.7 Å². The molecule has 7 heteroatoms. The third kappa shape index (κ3) is 1.46. The molecule has 0 atom stereocenters. The molecule has 2 rings (SSSR count). The fraction of sp³-hybridized carbons (Fsp3) is 0. The topological polar surface area (TPSA) is 26.0 Å². The highest BCUT2D eigenvalue weighted by molar-refractivity contribution is 6.73. The summed E-state index contributed by atoms with van der Waals surface area (Å²) in [5.74, 6) is 0. The molecular formula is C7H3BClF3NO-. The molecule has 0 unspecified atom stereocenters. The first-order chi connectivity index (χ1) is 6.48. The number of rotatable bonds is 1. The number of benzene rings is 1.